The van der Waals surface area contributed by atoms with E-state index < -0.39 is 4.92 Å². The second-order valence-corrected chi connectivity index (χ2v) is 15.6. The van der Waals surface area contributed by atoms with E-state index in [1.807, 2.05) is 25.1 Å². The Bertz CT molecular complexity index is 2210. The summed E-state index contributed by atoms with van der Waals surface area (Å²) in [6, 6.07) is 36.0. The van der Waals surface area contributed by atoms with Crippen molar-refractivity contribution in [1.82, 2.24) is 5.32 Å². The van der Waals surface area contributed by atoms with Crippen molar-refractivity contribution in [2.24, 2.45) is 4.99 Å². The maximum Gasteiger partial charge on any atom is 0.269 e. The van der Waals surface area contributed by atoms with Crippen LogP contribution in [-0.2, 0) is 11.4 Å². The fourth-order valence-electron chi connectivity index (χ4n) is 7.60. The Morgan fingerprint density at radius 2 is 1.54 bits per heavy atom. The highest BCUT2D eigenvalue weighted by Gasteiger charge is 2.35. The van der Waals surface area contributed by atoms with Crippen molar-refractivity contribution in [3.05, 3.63) is 161 Å². The number of anilines is 1. The first-order valence-electron chi connectivity index (χ1n) is 18.0. The van der Waals surface area contributed by atoms with E-state index in [0.29, 0.717) is 28.2 Å². The number of nitrogens with zero attached hydrogens (tertiary/aromatic N) is 3. The number of non-ortho nitro benzene ring substituents is 1. The smallest absolute Gasteiger partial charge is 0.269 e. The van der Waals surface area contributed by atoms with Crippen LogP contribution in [0, 0.1) is 13.7 Å². The van der Waals surface area contributed by atoms with Gasteiger partial charge >= 0.3 is 0 Å². The molecule has 54 heavy (non-hydrogen) atoms. The molecule has 3 aliphatic rings. The topological polar surface area (TPSA) is 106 Å². The number of benzene rings is 5. The lowest BCUT2D eigenvalue weighted by Crippen LogP contribution is -2.37. The number of amidine groups is 1. The highest BCUT2D eigenvalue weighted by Crippen LogP contribution is 2.50. The number of nitrogens with one attached hydrogen (secondary N) is 1. The molecule has 0 aliphatic carbocycles. The van der Waals surface area contributed by atoms with Crippen LogP contribution in [0.1, 0.15) is 65.0 Å². The van der Waals surface area contributed by atoms with Crippen molar-refractivity contribution < 1.29 is 19.2 Å². The van der Waals surface area contributed by atoms with Crippen molar-refractivity contribution in [3.63, 3.8) is 0 Å². The molecule has 0 radical (unpaired) electrons. The van der Waals surface area contributed by atoms with Crippen LogP contribution < -0.4 is 19.7 Å². The first-order valence-corrected chi connectivity index (χ1v) is 19.9. The Morgan fingerprint density at radius 1 is 0.907 bits per heavy atom. The zero-order valence-electron chi connectivity index (χ0n) is 29.5. The van der Waals surface area contributed by atoms with E-state index in [-0.39, 0.29) is 30.0 Å². The van der Waals surface area contributed by atoms with E-state index in [1.54, 1.807) is 12.1 Å². The van der Waals surface area contributed by atoms with Gasteiger partial charge in [0.15, 0.2) is 16.7 Å². The Hall–Kier alpha value is -5.14. The summed E-state index contributed by atoms with van der Waals surface area (Å²) in [4.78, 5) is 32.1. The Labute approximate surface area is 331 Å². The Morgan fingerprint density at radius 3 is 2.13 bits per heavy atom. The molecule has 9 nitrogen and oxygen atoms in total. The molecular weight excluding hydrogens is 811 g/mol. The minimum atomic E-state index is -0.425. The highest BCUT2D eigenvalue weighted by atomic mass is 127. The summed E-state index contributed by atoms with van der Waals surface area (Å²) in [7, 11) is 0. The molecule has 1 saturated heterocycles. The lowest BCUT2D eigenvalue weighted by molar-refractivity contribution is -0.384. The van der Waals surface area contributed by atoms with Crippen LogP contribution in [-0.4, -0.2) is 35.7 Å². The van der Waals surface area contributed by atoms with Crippen LogP contribution in [0.4, 0.5) is 17.1 Å². The zero-order chi connectivity index (χ0) is 37.2. The Balaban J connectivity index is 1.09. The Kier molecular flexibility index (Phi) is 10.4. The van der Waals surface area contributed by atoms with Crippen molar-refractivity contribution in [2.75, 3.05) is 24.6 Å². The lowest BCUT2D eigenvalue weighted by atomic mass is 9.76. The van der Waals surface area contributed by atoms with Gasteiger partial charge in [0.25, 0.3) is 11.6 Å². The number of carbonyl (C=O) groups excluding carboxylic acids is 1. The van der Waals surface area contributed by atoms with Gasteiger partial charge in [0.1, 0.15) is 6.61 Å². The number of rotatable bonds is 10. The van der Waals surface area contributed by atoms with Gasteiger partial charge < -0.3 is 19.7 Å². The van der Waals surface area contributed by atoms with Gasteiger partial charge in [-0.3, -0.25) is 14.9 Å². The number of nitro benzene ring substituents is 1. The number of ether oxygens (including phenoxy) is 2. The average Bonchev–Trinajstić information content (AvgIpc) is 3.52. The van der Waals surface area contributed by atoms with Crippen molar-refractivity contribution in [1.29, 1.82) is 0 Å². The summed E-state index contributed by atoms with van der Waals surface area (Å²) >= 11 is 3.53. The zero-order valence-corrected chi connectivity index (χ0v) is 32.5. The van der Waals surface area contributed by atoms with E-state index in [9.17, 15) is 14.9 Å². The number of amides is 1. The fraction of sp³-hybridized carbons (Fsp3) is 0.209. The van der Waals surface area contributed by atoms with Crippen molar-refractivity contribution in [3.8, 4) is 11.5 Å². The third-order valence-corrected chi connectivity index (χ3v) is 11.8. The van der Waals surface area contributed by atoms with Crippen LogP contribution in [0.15, 0.2) is 119 Å². The lowest BCUT2D eigenvalue weighted by Gasteiger charge is -2.43. The van der Waals surface area contributed by atoms with Gasteiger partial charge in [-0.1, -0.05) is 60.7 Å². The predicted molar refractivity (Wildman–Crippen MR) is 223 cm³/mol. The summed E-state index contributed by atoms with van der Waals surface area (Å²) in [5.74, 6) is 1.43. The predicted octanol–water partition coefficient (Wildman–Crippen LogP) is 9.95. The van der Waals surface area contributed by atoms with E-state index in [4.69, 9.17) is 14.5 Å². The summed E-state index contributed by atoms with van der Waals surface area (Å²) in [5.41, 5.74) is 8.99. The largest absolute Gasteiger partial charge is 0.490 e. The van der Waals surface area contributed by atoms with E-state index in [1.165, 1.54) is 51.8 Å². The van der Waals surface area contributed by atoms with Gasteiger partial charge in [-0.05, 0) is 130 Å². The van der Waals surface area contributed by atoms with Crippen LogP contribution in [0.3, 0.4) is 0 Å². The van der Waals surface area contributed by atoms with Crippen LogP contribution in [0.25, 0.3) is 6.08 Å². The number of nitro groups is 1. The quantitative estimate of drug-likeness (QED) is 0.0646. The summed E-state index contributed by atoms with van der Waals surface area (Å²) in [6.07, 6.45) is 3.92. The molecule has 0 unspecified atom stereocenters. The van der Waals surface area contributed by atoms with Crippen LogP contribution in [0.2, 0.25) is 0 Å². The molecule has 0 saturated carbocycles. The minimum Gasteiger partial charge on any atom is -0.490 e. The molecule has 2 atom stereocenters. The number of halogens is 1. The molecule has 3 aliphatic heterocycles. The van der Waals surface area contributed by atoms with Gasteiger partial charge in [-0.25, -0.2) is 4.99 Å². The molecular formula is C43H37IN4O5S. The normalized spacial score (nSPS) is 19.1. The molecule has 11 heteroatoms. The molecule has 5 aromatic carbocycles. The maximum absolute atomic E-state index is 13.4. The van der Waals surface area contributed by atoms with Gasteiger partial charge in [0.05, 0.1) is 25.7 Å². The van der Waals surface area contributed by atoms with Gasteiger partial charge in [-0.15, -0.1) is 0 Å². The molecule has 272 valence electrons. The highest BCUT2D eigenvalue weighted by molar-refractivity contribution is 14.1. The first-order chi connectivity index (χ1) is 26.3. The molecule has 1 fully saturated rings. The van der Waals surface area contributed by atoms with E-state index in [2.05, 4.69) is 106 Å². The SMILES string of the molecule is CCOc1cc(/C=C2\SC(=Nc3cc4c5c(c3)[C@@H](c3ccccc3)CCN5CC[C@@H]4c3ccccc3)NC2=O)cc(I)c1OCc1ccc([N+](=O)[O-])cc1. The van der Waals surface area contributed by atoms with Crippen molar-refractivity contribution in [2.45, 2.75) is 38.2 Å². The van der Waals surface area contributed by atoms with Crippen molar-refractivity contribution >= 4 is 68.6 Å². The number of hydrogen-bond donors (Lipinski definition) is 1. The third kappa shape index (κ3) is 7.47. The molecule has 1 N–H and O–H groups in total. The molecule has 0 spiro atoms. The molecule has 3 heterocycles. The second-order valence-electron chi connectivity index (χ2n) is 13.4. The fourth-order valence-corrected chi connectivity index (χ4v) is 9.22. The van der Waals surface area contributed by atoms with E-state index in [0.717, 1.165) is 46.3 Å². The maximum atomic E-state index is 13.4. The minimum absolute atomic E-state index is 0.0277. The standard InChI is InChI=1S/C43H37IN4O5S/c1-2-52-38-22-28(21-37(44)41(38)53-26-27-13-15-32(16-14-27)48(50)51)23-39-42(49)46-43(54-39)45-31-24-35-33(29-9-5-3-6-10-29)17-19-47-20-18-34(36(25-31)40(35)47)30-11-7-4-8-12-30/h3-16,21-25,33-34H,2,17-20,26H2,1H3,(H,45,46,49)/b39-23-/t33-,34-/m1/s1. The van der Waals surface area contributed by atoms with Gasteiger partial charge in [0.2, 0.25) is 0 Å². The number of hydrogen-bond acceptors (Lipinski definition) is 8. The average molecular weight is 849 g/mol. The summed E-state index contributed by atoms with van der Waals surface area (Å²) in [5, 5.41) is 14.6. The third-order valence-electron chi connectivity index (χ3n) is 10.0. The number of carbonyl (C=O) groups is 1. The van der Waals surface area contributed by atoms with Gasteiger partial charge in [0, 0.05) is 42.7 Å². The molecule has 0 bridgehead atoms. The molecule has 1 amide bonds. The summed E-state index contributed by atoms with van der Waals surface area (Å²) in [6.45, 7) is 4.58. The molecule has 5 aromatic rings. The van der Waals surface area contributed by atoms with E-state index >= 15 is 0 Å². The molecule has 0 aromatic heterocycles. The summed E-state index contributed by atoms with van der Waals surface area (Å²) < 4.78 is 12.9. The molecule has 8 rings (SSSR count). The monoisotopic (exact) mass is 848 g/mol. The number of aliphatic imine (C=N–C) groups is 1. The first kappa shape index (κ1) is 35.9. The number of thioether (sulfide) groups is 1. The van der Waals surface area contributed by atoms with Crippen LogP contribution in [0.5, 0.6) is 11.5 Å². The van der Waals surface area contributed by atoms with Gasteiger partial charge in [-0.2, -0.15) is 0 Å². The van der Waals surface area contributed by atoms with Crippen LogP contribution >= 0.6 is 34.4 Å². The second kappa shape index (κ2) is 15.7.